The van der Waals surface area contributed by atoms with Crippen molar-refractivity contribution in [1.29, 1.82) is 0 Å². The number of piperidine rings is 1. The third-order valence-electron chi connectivity index (χ3n) is 4.12. The highest BCUT2D eigenvalue weighted by atomic mass is 32.2. The third kappa shape index (κ3) is 3.83. The van der Waals surface area contributed by atoms with Crippen LogP contribution in [0.2, 0.25) is 0 Å². The van der Waals surface area contributed by atoms with Crippen molar-refractivity contribution >= 4 is 16.0 Å². The number of benzene rings is 1. The van der Waals surface area contributed by atoms with E-state index in [9.17, 15) is 13.2 Å². The second-order valence-corrected chi connectivity index (χ2v) is 7.66. The molecule has 0 spiro atoms. The molecule has 1 heterocycles. The normalized spacial score (nSPS) is 17.8. The highest BCUT2D eigenvalue weighted by Crippen LogP contribution is 2.22. The van der Waals surface area contributed by atoms with E-state index in [-0.39, 0.29) is 5.75 Å². The highest BCUT2D eigenvalue weighted by molar-refractivity contribution is 7.88. The Labute approximate surface area is 125 Å². The number of aliphatic carboxylic acids is 1. The Balaban J connectivity index is 2.05. The molecule has 1 N–H and O–H groups in total. The number of aryl methyl sites for hydroxylation is 2. The Hall–Kier alpha value is -1.40. The van der Waals surface area contributed by atoms with Crippen LogP contribution in [-0.4, -0.2) is 36.9 Å². The number of carbonyl (C=O) groups is 1. The average Bonchev–Trinajstić information content (AvgIpc) is 2.43. The van der Waals surface area contributed by atoms with E-state index in [1.165, 1.54) is 4.31 Å². The molecule has 0 aliphatic carbocycles. The third-order valence-corrected chi connectivity index (χ3v) is 5.97. The van der Waals surface area contributed by atoms with Crippen molar-refractivity contribution in [2.45, 2.75) is 32.4 Å². The van der Waals surface area contributed by atoms with Crippen molar-refractivity contribution in [2.75, 3.05) is 13.1 Å². The number of hydrogen-bond donors (Lipinski definition) is 1. The molecule has 1 saturated heterocycles. The van der Waals surface area contributed by atoms with Crippen molar-refractivity contribution in [3.63, 3.8) is 0 Å². The van der Waals surface area contributed by atoms with E-state index in [0.29, 0.717) is 25.9 Å². The van der Waals surface area contributed by atoms with Gasteiger partial charge in [-0.2, -0.15) is 0 Å². The molecule has 5 nitrogen and oxygen atoms in total. The first-order valence-electron chi connectivity index (χ1n) is 7.06. The van der Waals surface area contributed by atoms with E-state index in [1.54, 1.807) is 0 Å². The van der Waals surface area contributed by atoms with Crippen LogP contribution in [-0.2, 0) is 20.6 Å². The zero-order valence-electron chi connectivity index (χ0n) is 12.4. The lowest BCUT2D eigenvalue weighted by molar-refractivity contribution is -0.142. The summed E-state index contributed by atoms with van der Waals surface area (Å²) in [5, 5.41) is 8.95. The van der Waals surface area contributed by atoms with Gasteiger partial charge >= 0.3 is 5.97 Å². The van der Waals surface area contributed by atoms with Gasteiger partial charge in [0.2, 0.25) is 10.0 Å². The second-order valence-electron chi connectivity index (χ2n) is 5.69. The summed E-state index contributed by atoms with van der Waals surface area (Å²) in [5.74, 6) is -1.27. The number of hydrogen-bond acceptors (Lipinski definition) is 3. The van der Waals surface area contributed by atoms with Crippen molar-refractivity contribution < 1.29 is 18.3 Å². The van der Waals surface area contributed by atoms with Gasteiger partial charge in [-0.05, 0) is 43.4 Å². The van der Waals surface area contributed by atoms with Crippen LogP contribution in [0.15, 0.2) is 18.2 Å². The van der Waals surface area contributed by atoms with Crippen LogP contribution in [0, 0.1) is 19.8 Å². The number of carboxylic acid groups (broad SMARTS) is 1. The first-order chi connectivity index (χ1) is 9.79. The molecule has 1 aliphatic rings. The second kappa shape index (κ2) is 6.15. The van der Waals surface area contributed by atoms with Crippen LogP contribution < -0.4 is 0 Å². The molecule has 0 radical (unpaired) electrons. The fourth-order valence-electron chi connectivity index (χ4n) is 2.58. The molecule has 2 rings (SSSR count). The predicted octanol–water partition coefficient (Wildman–Crippen LogP) is 1.93. The van der Waals surface area contributed by atoms with E-state index in [0.717, 1.165) is 16.7 Å². The highest BCUT2D eigenvalue weighted by Gasteiger charge is 2.30. The molecule has 116 valence electrons. The summed E-state index contributed by atoms with van der Waals surface area (Å²) in [4.78, 5) is 10.9. The number of sulfonamides is 1. The molecule has 1 aromatic rings. The van der Waals surface area contributed by atoms with Gasteiger partial charge in [-0.15, -0.1) is 0 Å². The van der Waals surface area contributed by atoms with Crippen molar-refractivity contribution in [3.8, 4) is 0 Å². The minimum atomic E-state index is -3.37. The molecular weight excluding hydrogens is 290 g/mol. The van der Waals surface area contributed by atoms with E-state index >= 15 is 0 Å². The fraction of sp³-hybridized carbons (Fsp3) is 0.533. The first kappa shape index (κ1) is 16.0. The molecule has 0 atom stereocenters. The summed E-state index contributed by atoms with van der Waals surface area (Å²) in [6.07, 6.45) is 0.781. The molecule has 1 fully saturated rings. The van der Waals surface area contributed by atoms with Crippen molar-refractivity contribution in [1.82, 2.24) is 4.31 Å². The lowest BCUT2D eigenvalue weighted by Gasteiger charge is -2.29. The van der Waals surface area contributed by atoms with Gasteiger partial charge in [0.25, 0.3) is 0 Å². The maximum Gasteiger partial charge on any atom is 0.306 e. The monoisotopic (exact) mass is 311 g/mol. The molecule has 6 heteroatoms. The predicted molar refractivity (Wildman–Crippen MR) is 80.5 cm³/mol. The summed E-state index contributed by atoms with van der Waals surface area (Å²) in [5.41, 5.74) is 2.99. The van der Waals surface area contributed by atoms with Gasteiger partial charge in [0.05, 0.1) is 11.7 Å². The molecular formula is C15H21NO4S. The van der Waals surface area contributed by atoms with Gasteiger partial charge in [0.15, 0.2) is 0 Å². The Morgan fingerprint density at radius 3 is 2.38 bits per heavy atom. The zero-order chi connectivity index (χ0) is 15.6. The first-order valence-corrected chi connectivity index (χ1v) is 8.67. The molecule has 0 amide bonds. The fourth-order valence-corrected chi connectivity index (χ4v) is 4.13. The molecule has 0 unspecified atom stereocenters. The minimum absolute atomic E-state index is 0.0220. The quantitative estimate of drug-likeness (QED) is 0.922. The zero-order valence-corrected chi connectivity index (χ0v) is 13.2. The molecule has 0 aromatic heterocycles. The van der Waals surface area contributed by atoms with Crippen LogP contribution in [0.4, 0.5) is 0 Å². The Bertz CT molecular complexity index is 631. The van der Waals surface area contributed by atoms with Gasteiger partial charge in [0.1, 0.15) is 0 Å². The van der Waals surface area contributed by atoms with E-state index in [4.69, 9.17) is 5.11 Å². The van der Waals surface area contributed by atoms with Crippen LogP contribution in [0.25, 0.3) is 0 Å². The van der Waals surface area contributed by atoms with Gasteiger partial charge in [-0.3, -0.25) is 4.79 Å². The molecule has 0 saturated carbocycles. The van der Waals surface area contributed by atoms with E-state index in [1.807, 2.05) is 32.0 Å². The number of nitrogens with zero attached hydrogens (tertiary/aromatic N) is 1. The molecule has 1 aromatic carbocycles. The summed E-state index contributed by atoms with van der Waals surface area (Å²) in [7, 11) is -3.37. The Morgan fingerprint density at radius 1 is 1.24 bits per heavy atom. The van der Waals surface area contributed by atoms with Crippen LogP contribution in [0.5, 0.6) is 0 Å². The largest absolute Gasteiger partial charge is 0.481 e. The standard InChI is InChI=1S/C15H21NO4S/c1-11-3-4-13(9-12(11)2)10-21(19,20)16-7-5-14(6-8-16)15(17)18/h3-4,9,14H,5-8,10H2,1-2H3,(H,17,18). The number of rotatable bonds is 4. The smallest absolute Gasteiger partial charge is 0.306 e. The van der Waals surface area contributed by atoms with E-state index < -0.39 is 21.9 Å². The average molecular weight is 311 g/mol. The van der Waals surface area contributed by atoms with Gasteiger partial charge in [0, 0.05) is 13.1 Å². The lowest BCUT2D eigenvalue weighted by atomic mass is 9.99. The Kier molecular flexibility index (Phi) is 4.68. The maximum atomic E-state index is 12.4. The van der Waals surface area contributed by atoms with Gasteiger partial charge in [-0.1, -0.05) is 18.2 Å². The summed E-state index contributed by atoms with van der Waals surface area (Å²) in [6.45, 7) is 4.54. The van der Waals surface area contributed by atoms with E-state index in [2.05, 4.69) is 0 Å². The molecule has 0 bridgehead atoms. The number of carboxylic acids is 1. The van der Waals surface area contributed by atoms with Crippen LogP contribution in [0.3, 0.4) is 0 Å². The SMILES string of the molecule is Cc1ccc(CS(=O)(=O)N2CCC(C(=O)O)CC2)cc1C. The summed E-state index contributed by atoms with van der Waals surface area (Å²) in [6, 6.07) is 5.66. The summed E-state index contributed by atoms with van der Waals surface area (Å²) >= 11 is 0. The van der Waals surface area contributed by atoms with Crippen molar-refractivity contribution in [2.24, 2.45) is 5.92 Å². The lowest BCUT2D eigenvalue weighted by Crippen LogP contribution is -2.40. The van der Waals surface area contributed by atoms with Crippen LogP contribution >= 0.6 is 0 Å². The van der Waals surface area contributed by atoms with Crippen molar-refractivity contribution in [3.05, 3.63) is 34.9 Å². The minimum Gasteiger partial charge on any atom is -0.481 e. The summed E-state index contributed by atoms with van der Waals surface area (Å²) < 4.78 is 26.2. The molecule has 21 heavy (non-hydrogen) atoms. The van der Waals surface area contributed by atoms with Crippen LogP contribution in [0.1, 0.15) is 29.5 Å². The van der Waals surface area contributed by atoms with Gasteiger partial charge < -0.3 is 5.11 Å². The Morgan fingerprint density at radius 2 is 1.86 bits per heavy atom. The molecule has 1 aliphatic heterocycles. The maximum absolute atomic E-state index is 12.4. The van der Waals surface area contributed by atoms with Gasteiger partial charge in [-0.25, -0.2) is 12.7 Å². The topological polar surface area (TPSA) is 74.7 Å².